The first-order valence-corrected chi connectivity index (χ1v) is 4.31. The molecule has 0 saturated heterocycles. The number of rotatable bonds is 4. The van der Waals surface area contributed by atoms with E-state index < -0.39 is 24.9 Å². The number of nitrogens with two attached hydrogens (primary N) is 1. The van der Waals surface area contributed by atoms with E-state index in [1.165, 1.54) is 24.5 Å². The van der Waals surface area contributed by atoms with Crippen LogP contribution in [0.2, 0.25) is 0 Å². The van der Waals surface area contributed by atoms with Gasteiger partial charge in [0.25, 0.3) is 11.8 Å². The van der Waals surface area contributed by atoms with E-state index in [9.17, 15) is 13.6 Å². The lowest BCUT2D eigenvalue weighted by molar-refractivity contribution is 0.0118. The van der Waals surface area contributed by atoms with Gasteiger partial charge in [-0.15, -0.1) is 24.8 Å². The minimum atomic E-state index is -3.07. The third kappa shape index (κ3) is 6.35. The molecule has 17 heavy (non-hydrogen) atoms. The van der Waals surface area contributed by atoms with E-state index >= 15 is 0 Å². The van der Waals surface area contributed by atoms with Crippen LogP contribution in [0.5, 0.6) is 0 Å². The lowest BCUT2D eigenvalue weighted by Gasteiger charge is -2.14. The zero-order chi connectivity index (χ0) is 11.3. The molecule has 4 nitrogen and oxygen atoms in total. The van der Waals surface area contributed by atoms with Crippen molar-refractivity contribution in [1.82, 2.24) is 10.3 Å². The van der Waals surface area contributed by atoms with Gasteiger partial charge in [0, 0.05) is 18.0 Å². The first-order valence-electron chi connectivity index (χ1n) is 4.31. The Kier molecular flexibility index (Phi) is 8.83. The van der Waals surface area contributed by atoms with Crippen LogP contribution in [0.15, 0.2) is 24.5 Å². The normalized spacial score (nSPS) is 9.82. The monoisotopic (exact) mass is 287 g/mol. The predicted octanol–water partition coefficient (Wildman–Crippen LogP) is 1.25. The molecule has 1 rings (SSSR count). The SMILES string of the molecule is Cl.Cl.NCC(F)(F)CNC(=O)c1ccncc1. The zero-order valence-electron chi connectivity index (χ0n) is 8.73. The smallest absolute Gasteiger partial charge is 0.277 e. The van der Waals surface area contributed by atoms with Crippen LogP contribution in [0.1, 0.15) is 10.4 Å². The molecule has 0 aliphatic rings. The maximum atomic E-state index is 12.7. The molecule has 0 aliphatic heterocycles. The highest BCUT2D eigenvalue weighted by atomic mass is 35.5. The van der Waals surface area contributed by atoms with Gasteiger partial charge in [-0.1, -0.05) is 0 Å². The largest absolute Gasteiger partial charge is 0.346 e. The molecule has 1 amide bonds. The van der Waals surface area contributed by atoms with Crippen molar-refractivity contribution < 1.29 is 13.6 Å². The number of amides is 1. The Labute approximate surface area is 110 Å². The molecule has 0 aliphatic carbocycles. The number of pyridine rings is 1. The van der Waals surface area contributed by atoms with Crippen molar-refractivity contribution >= 4 is 30.7 Å². The van der Waals surface area contributed by atoms with Gasteiger partial charge in [-0.25, -0.2) is 8.78 Å². The average molecular weight is 288 g/mol. The molecule has 1 aromatic rings. The second-order valence-electron chi connectivity index (χ2n) is 2.98. The van der Waals surface area contributed by atoms with E-state index in [0.29, 0.717) is 0 Å². The second kappa shape index (κ2) is 8.16. The number of alkyl halides is 2. The van der Waals surface area contributed by atoms with Crippen molar-refractivity contribution in [2.24, 2.45) is 5.73 Å². The van der Waals surface area contributed by atoms with E-state index in [1.807, 2.05) is 0 Å². The van der Waals surface area contributed by atoms with Crippen LogP contribution in [0.25, 0.3) is 0 Å². The molecule has 0 unspecified atom stereocenters. The van der Waals surface area contributed by atoms with Gasteiger partial charge in [0.05, 0.1) is 13.1 Å². The molecule has 0 bridgehead atoms. The molecule has 0 atom stereocenters. The van der Waals surface area contributed by atoms with Crippen molar-refractivity contribution in [3.05, 3.63) is 30.1 Å². The van der Waals surface area contributed by atoms with E-state index in [4.69, 9.17) is 5.73 Å². The van der Waals surface area contributed by atoms with Crippen molar-refractivity contribution in [1.29, 1.82) is 0 Å². The Morgan fingerprint density at radius 3 is 2.35 bits per heavy atom. The van der Waals surface area contributed by atoms with Crippen molar-refractivity contribution in [2.75, 3.05) is 13.1 Å². The molecular weight excluding hydrogens is 275 g/mol. The molecule has 0 saturated carbocycles. The number of nitrogens with zero attached hydrogens (tertiary/aromatic N) is 1. The Morgan fingerprint density at radius 1 is 1.35 bits per heavy atom. The fourth-order valence-corrected chi connectivity index (χ4v) is 0.887. The highest BCUT2D eigenvalue weighted by molar-refractivity contribution is 5.93. The molecular formula is C9H13Cl2F2N3O. The first kappa shape index (κ1) is 18.4. The van der Waals surface area contributed by atoms with Crippen LogP contribution in [0.3, 0.4) is 0 Å². The van der Waals surface area contributed by atoms with Crippen molar-refractivity contribution in [2.45, 2.75) is 5.92 Å². The molecule has 0 aromatic carbocycles. The van der Waals surface area contributed by atoms with Gasteiger partial charge < -0.3 is 11.1 Å². The van der Waals surface area contributed by atoms with E-state index in [1.54, 1.807) is 0 Å². The third-order valence-corrected chi connectivity index (χ3v) is 1.75. The third-order valence-electron chi connectivity index (χ3n) is 1.75. The van der Waals surface area contributed by atoms with E-state index in [2.05, 4.69) is 10.3 Å². The van der Waals surface area contributed by atoms with Gasteiger partial charge in [-0.3, -0.25) is 9.78 Å². The quantitative estimate of drug-likeness (QED) is 0.876. The van der Waals surface area contributed by atoms with E-state index in [0.717, 1.165) is 0 Å². The molecule has 0 radical (unpaired) electrons. The maximum Gasteiger partial charge on any atom is 0.277 e. The summed E-state index contributed by atoms with van der Waals surface area (Å²) in [7, 11) is 0. The van der Waals surface area contributed by atoms with Crippen LogP contribution in [-0.4, -0.2) is 29.9 Å². The Bertz CT molecular complexity index is 338. The minimum Gasteiger partial charge on any atom is -0.346 e. The average Bonchev–Trinajstić information content (AvgIpc) is 2.27. The number of aromatic nitrogens is 1. The predicted molar refractivity (Wildman–Crippen MR) is 65.1 cm³/mol. The topological polar surface area (TPSA) is 68.0 Å². The summed E-state index contributed by atoms with van der Waals surface area (Å²) in [5, 5.41) is 2.09. The summed E-state index contributed by atoms with van der Waals surface area (Å²) in [5.41, 5.74) is 5.11. The van der Waals surface area contributed by atoms with Crippen molar-refractivity contribution in [3.8, 4) is 0 Å². The summed E-state index contributed by atoms with van der Waals surface area (Å²) in [5.74, 6) is -3.63. The first-order chi connectivity index (χ1) is 7.05. The highest BCUT2D eigenvalue weighted by Crippen LogP contribution is 2.09. The summed E-state index contributed by atoms with van der Waals surface area (Å²) in [4.78, 5) is 15.0. The number of carbonyl (C=O) groups excluding carboxylic acids is 1. The van der Waals surface area contributed by atoms with Crippen LogP contribution in [-0.2, 0) is 0 Å². The summed E-state index contributed by atoms with van der Waals surface area (Å²) < 4.78 is 25.4. The molecule has 3 N–H and O–H groups in total. The number of hydrogen-bond donors (Lipinski definition) is 2. The van der Waals surface area contributed by atoms with Gasteiger partial charge >= 0.3 is 0 Å². The molecule has 0 spiro atoms. The maximum absolute atomic E-state index is 12.7. The number of nitrogens with one attached hydrogen (secondary N) is 1. The van der Waals surface area contributed by atoms with Gasteiger partial charge in [-0.2, -0.15) is 0 Å². The summed E-state index contributed by atoms with van der Waals surface area (Å²) in [6.07, 6.45) is 2.83. The Hall–Kier alpha value is -0.980. The zero-order valence-corrected chi connectivity index (χ0v) is 10.4. The van der Waals surface area contributed by atoms with Crippen LogP contribution in [0.4, 0.5) is 8.78 Å². The minimum absolute atomic E-state index is 0. The fourth-order valence-electron chi connectivity index (χ4n) is 0.887. The van der Waals surface area contributed by atoms with Crippen LogP contribution in [0, 0.1) is 0 Å². The number of hydrogen-bond acceptors (Lipinski definition) is 3. The molecule has 1 heterocycles. The summed E-state index contributed by atoms with van der Waals surface area (Å²) in [6.45, 7) is -1.55. The Morgan fingerprint density at radius 2 is 1.88 bits per heavy atom. The number of carbonyl (C=O) groups is 1. The molecule has 1 aromatic heterocycles. The van der Waals surface area contributed by atoms with Gasteiger partial charge in [0.2, 0.25) is 0 Å². The number of halogens is 4. The summed E-state index contributed by atoms with van der Waals surface area (Å²) in [6, 6.07) is 2.88. The fraction of sp³-hybridized carbons (Fsp3) is 0.333. The van der Waals surface area contributed by atoms with Gasteiger partial charge in [0.15, 0.2) is 0 Å². The Balaban J connectivity index is 0. The van der Waals surface area contributed by atoms with Gasteiger partial charge in [0.1, 0.15) is 0 Å². The van der Waals surface area contributed by atoms with Crippen LogP contribution >= 0.6 is 24.8 Å². The lowest BCUT2D eigenvalue weighted by atomic mass is 10.2. The van der Waals surface area contributed by atoms with Gasteiger partial charge in [-0.05, 0) is 12.1 Å². The van der Waals surface area contributed by atoms with E-state index in [-0.39, 0.29) is 30.4 Å². The standard InChI is InChI=1S/C9H11F2N3O.2ClH/c10-9(11,5-12)6-14-8(15)7-1-3-13-4-2-7;;/h1-4H,5-6,12H2,(H,14,15);2*1H. The highest BCUT2D eigenvalue weighted by Gasteiger charge is 2.27. The summed E-state index contributed by atoms with van der Waals surface area (Å²) >= 11 is 0. The van der Waals surface area contributed by atoms with Crippen molar-refractivity contribution in [3.63, 3.8) is 0 Å². The van der Waals surface area contributed by atoms with Crippen LogP contribution < -0.4 is 11.1 Å². The molecule has 8 heteroatoms. The molecule has 0 fully saturated rings. The lowest BCUT2D eigenvalue weighted by Crippen LogP contribution is -2.41. The molecule has 98 valence electrons. The second-order valence-corrected chi connectivity index (χ2v) is 2.98.